The van der Waals surface area contributed by atoms with Crippen LogP contribution in [0.3, 0.4) is 0 Å². The van der Waals surface area contributed by atoms with Crippen molar-refractivity contribution in [2.45, 2.75) is 68.6 Å². The molecule has 0 radical (unpaired) electrons. The zero-order chi connectivity index (χ0) is 53.4. The number of hydrogen-bond donors (Lipinski definition) is 0. The summed E-state index contributed by atoms with van der Waals surface area (Å²) >= 11 is 0. The molecule has 0 amide bonds. The lowest BCUT2D eigenvalue weighted by molar-refractivity contribution is 0.549. The summed E-state index contributed by atoms with van der Waals surface area (Å²) in [4.78, 5) is 0. The molecule has 0 N–H and O–H groups in total. The van der Waals surface area contributed by atoms with Crippen LogP contribution in [0.25, 0.3) is 121 Å². The highest BCUT2D eigenvalue weighted by Crippen LogP contribution is 2.60. The van der Waals surface area contributed by atoms with E-state index in [-0.39, 0.29) is 10.8 Å². The summed E-state index contributed by atoms with van der Waals surface area (Å²) in [6.07, 6.45) is 25.8. The molecule has 5 aliphatic carbocycles. The highest BCUT2D eigenvalue weighted by molar-refractivity contribution is 6.13. The number of rotatable bonds is 5. The molecule has 12 aromatic rings. The van der Waals surface area contributed by atoms with Crippen LogP contribution in [0.1, 0.15) is 80.0 Å². The van der Waals surface area contributed by atoms with E-state index < -0.39 is 0 Å². The molecule has 2 heteroatoms. The Morgan fingerprint density at radius 2 is 0.765 bits per heavy atom. The quantitative estimate of drug-likeness (QED) is 0.163. The molecule has 0 aliphatic heterocycles. The smallest absolute Gasteiger partial charge is 0.0541 e. The Kier molecular flexibility index (Phi) is 10.3. The largest absolute Gasteiger partial charge is 0.309 e. The minimum atomic E-state index is 0.0135. The molecule has 0 saturated heterocycles. The molecule has 2 spiro atoms. The molecule has 2 aromatic heterocycles. The molecule has 17 rings (SSSR count). The summed E-state index contributed by atoms with van der Waals surface area (Å²) in [7, 11) is 0. The van der Waals surface area contributed by atoms with Crippen molar-refractivity contribution < 1.29 is 0 Å². The summed E-state index contributed by atoms with van der Waals surface area (Å²) < 4.78 is 4.87. The Hall–Kier alpha value is -9.24. The lowest BCUT2D eigenvalue weighted by Crippen LogP contribution is -2.21. The van der Waals surface area contributed by atoms with Crippen LogP contribution in [0.2, 0.25) is 0 Å². The SMILES string of the molecule is C=C1/C=C\C=C/C/C=C\C=C1n1c2ccccc2c2cc(-c3ccc4c(c3)C3(CCCC3)c3cc(-c5ccc6c(c5)C5(CCCC5)c5cc(-c7ccc8c(c7)c7ccccc7n8-c7cccc8ccccc78)ccc5-6)ccc3-4)ccc21. The summed E-state index contributed by atoms with van der Waals surface area (Å²) in [6, 6.07) is 77.4. The Morgan fingerprint density at radius 1 is 0.346 bits per heavy atom. The van der Waals surface area contributed by atoms with Gasteiger partial charge >= 0.3 is 0 Å². The van der Waals surface area contributed by atoms with Crippen molar-refractivity contribution in [3.05, 3.63) is 277 Å². The number of para-hydroxylation sites is 2. The van der Waals surface area contributed by atoms with Gasteiger partial charge in [-0.1, -0.05) is 202 Å². The van der Waals surface area contributed by atoms with E-state index in [0.717, 1.165) is 17.7 Å². The van der Waals surface area contributed by atoms with Crippen molar-refractivity contribution in [2.24, 2.45) is 0 Å². The van der Waals surface area contributed by atoms with Crippen molar-refractivity contribution in [1.82, 2.24) is 9.13 Å². The van der Waals surface area contributed by atoms with Gasteiger partial charge in [0.2, 0.25) is 0 Å². The Morgan fingerprint density at radius 3 is 1.31 bits per heavy atom. The third kappa shape index (κ3) is 6.86. The minimum absolute atomic E-state index is 0.0135. The second kappa shape index (κ2) is 17.9. The van der Waals surface area contributed by atoms with Gasteiger partial charge in [-0.3, -0.25) is 0 Å². The number of aromatic nitrogens is 2. The molecule has 0 atom stereocenters. The minimum Gasteiger partial charge on any atom is -0.309 e. The first-order valence-electron chi connectivity index (χ1n) is 29.6. The number of benzene rings is 10. The van der Waals surface area contributed by atoms with Crippen LogP contribution >= 0.6 is 0 Å². The maximum absolute atomic E-state index is 4.54. The Bertz CT molecular complexity index is 4810. The van der Waals surface area contributed by atoms with Crippen molar-refractivity contribution in [3.8, 4) is 61.3 Å². The van der Waals surface area contributed by atoms with Crippen molar-refractivity contribution >= 4 is 60.1 Å². The monoisotopic (exact) mass is 1040 g/mol. The molecule has 2 nitrogen and oxygen atoms in total. The molecular weight excluding hydrogens is 977 g/mol. The van der Waals surface area contributed by atoms with E-state index in [0.29, 0.717) is 0 Å². The van der Waals surface area contributed by atoms with E-state index in [9.17, 15) is 0 Å². The van der Waals surface area contributed by atoms with Gasteiger partial charge in [0.25, 0.3) is 0 Å². The molecule has 2 heterocycles. The highest BCUT2D eigenvalue weighted by atomic mass is 15.0. The van der Waals surface area contributed by atoms with Crippen LogP contribution in [0.4, 0.5) is 0 Å². The summed E-state index contributed by atoms with van der Waals surface area (Å²) in [5.74, 6) is 0. The van der Waals surface area contributed by atoms with Crippen molar-refractivity contribution in [1.29, 1.82) is 0 Å². The second-order valence-electron chi connectivity index (χ2n) is 23.8. The number of fused-ring (bicyclic) bond motifs is 17. The molecule has 386 valence electrons. The standard InChI is InChI=1S/C79H60N2/c1-51-19-6-4-2-3-5-7-25-72(51)80-74-26-12-10-23-64(74)66-45-53(33-39-76(66)80)55-29-35-60-62-37-31-57(49-70(62)78(68(60)47-55)41-14-15-42-78)58-32-38-63-61-36-30-56(48-69(61)79(71(63)50-58)43-16-17-44-79)54-34-40-77-67(46-54)65-24-11-13-27-75(65)81(77)73-28-18-21-52-20-8-9-22-59(52)73/h2,4-13,18-40,45-50H,1,3,14-17,41-44H2/b4-2-,7-5-,19-6-,72-25?. The first-order chi connectivity index (χ1) is 40.0. The molecule has 0 bridgehead atoms. The number of allylic oxidation sites excluding steroid dienone is 9. The normalized spacial score (nSPS) is 17.8. The summed E-state index contributed by atoms with van der Waals surface area (Å²) in [6.45, 7) is 4.54. The van der Waals surface area contributed by atoms with Gasteiger partial charge in [-0.05, 0) is 194 Å². The second-order valence-corrected chi connectivity index (χ2v) is 23.8. The van der Waals surface area contributed by atoms with Gasteiger partial charge in [0.05, 0.1) is 33.5 Å². The lowest BCUT2D eigenvalue weighted by Gasteiger charge is -2.28. The lowest BCUT2D eigenvalue weighted by atomic mass is 9.75. The zero-order valence-corrected chi connectivity index (χ0v) is 45.6. The fourth-order valence-electron chi connectivity index (χ4n) is 16.0. The molecular formula is C79H60N2. The van der Waals surface area contributed by atoms with Crippen LogP contribution < -0.4 is 0 Å². The average molecular weight is 1040 g/mol. The van der Waals surface area contributed by atoms with E-state index in [1.54, 1.807) is 0 Å². The van der Waals surface area contributed by atoms with E-state index in [2.05, 4.69) is 258 Å². The number of hydrogen-bond acceptors (Lipinski definition) is 0. The highest BCUT2D eigenvalue weighted by Gasteiger charge is 2.47. The topological polar surface area (TPSA) is 9.86 Å². The van der Waals surface area contributed by atoms with Gasteiger partial charge < -0.3 is 9.13 Å². The molecule has 5 aliphatic rings. The van der Waals surface area contributed by atoms with E-state index in [1.807, 2.05) is 0 Å². The first kappa shape index (κ1) is 46.7. The molecule has 2 fully saturated rings. The molecule has 10 aromatic carbocycles. The first-order valence-corrected chi connectivity index (χ1v) is 29.6. The fraction of sp³-hybridized carbons (Fsp3) is 0.139. The third-order valence-electron chi connectivity index (χ3n) is 19.8. The molecule has 0 unspecified atom stereocenters. The fourth-order valence-corrected chi connectivity index (χ4v) is 16.0. The van der Waals surface area contributed by atoms with Crippen LogP contribution in [0.5, 0.6) is 0 Å². The average Bonchev–Trinajstić information content (AvgIpc) is 3.99. The van der Waals surface area contributed by atoms with Crippen LogP contribution in [0, 0.1) is 0 Å². The summed E-state index contributed by atoms with van der Waals surface area (Å²) in [5, 5.41) is 7.62. The van der Waals surface area contributed by atoms with Crippen molar-refractivity contribution in [3.63, 3.8) is 0 Å². The van der Waals surface area contributed by atoms with E-state index in [1.165, 1.54) is 189 Å². The van der Waals surface area contributed by atoms with Gasteiger partial charge in [-0.25, -0.2) is 0 Å². The maximum Gasteiger partial charge on any atom is 0.0541 e. The number of nitrogens with zero attached hydrogens (tertiary/aromatic N) is 2. The Labute approximate surface area is 473 Å². The predicted molar refractivity (Wildman–Crippen MR) is 342 cm³/mol. The predicted octanol–water partition coefficient (Wildman–Crippen LogP) is 21.2. The van der Waals surface area contributed by atoms with Gasteiger partial charge in [-0.15, -0.1) is 0 Å². The third-order valence-corrected chi connectivity index (χ3v) is 19.8. The van der Waals surface area contributed by atoms with Gasteiger partial charge in [0.15, 0.2) is 0 Å². The van der Waals surface area contributed by atoms with Gasteiger partial charge in [0, 0.05) is 37.8 Å². The Balaban J connectivity index is 0.718. The van der Waals surface area contributed by atoms with E-state index in [4.69, 9.17) is 0 Å². The maximum atomic E-state index is 4.54. The van der Waals surface area contributed by atoms with Crippen molar-refractivity contribution in [2.75, 3.05) is 0 Å². The van der Waals surface area contributed by atoms with E-state index >= 15 is 0 Å². The summed E-state index contributed by atoms with van der Waals surface area (Å²) in [5.41, 5.74) is 27.8. The van der Waals surface area contributed by atoms with Crippen LogP contribution in [-0.4, -0.2) is 9.13 Å². The van der Waals surface area contributed by atoms with Crippen LogP contribution in [0.15, 0.2) is 255 Å². The molecule has 2 saturated carbocycles. The van der Waals surface area contributed by atoms with Crippen LogP contribution in [-0.2, 0) is 10.8 Å². The molecule has 81 heavy (non-hydrogen) atoms. The van der Waals surface area contributed by atoms with Gasteiger partial charge in [0.1, 0.15) is 0 Å². The zero-order valence-electron chi connectivity index (χ0n) is 45.6. The van der Waals surface area contributed by atoms with Gasteiger partial charge in [-0.2, -0.15) is 0 Å².